The van der Waals surface area contributed by atoms with Crippen LogP contribution in [0, 0.1) is 0 Å². The second-order valence-corrected chi connectivity index (χ2v) is 5.01. The number of benzene rings is 1. The summed E-state index contributed by atoms with van der Waals surface area (Å²) in [5, 5.41) is 19.0. The Morgan fingerprint density at radius 2 is 2.00 bits per heavy atom. The lowest BCUT2D eigenvalue weighted by molar-refractivity contribution is 0.141. The SMILES string of the molecule is OC[C@@H]1S[C@@H](c2ccccc2)C[C@H]1O. The molecule has 2 nitrogen and oxygen atoms in total. The van der Waals surface area contributed by atoms with E-state index < -0.39 is 0 Å². The van der Waals surface area contributed by atoms with Gasteiger partial charge in [-0.1, -0.05) is 30.3 Å². The molecule has 14 heavy (non-hydrogen) atoms. The Labute approximate surface area is 88.0 Å². The first-order valence-corrected chi connectivity index (χ1v) is 5.75. The Hall–Kier alpha value is -0.510. The van der Waals surface area contributed by atoms with E-state index in [9.17, 15) is 5.11 Å². The maximum atomic E-state index is 9.64. The number of rotatable bonds is 2. The highest BCUT2D eigenvalue weighted by atomic mass is 32.2. The first-order valence-electron chi connectivity index (χ1n) is 4.80. The second-order valence-electron chi connectivity index (χ2n) is 3.56. The third kappa shape index (κ3) is 1.95. The summed E-state index contributed by atoms with van der Waals surface area (Å²) in [7, 11) is 0. The van der Waals surface area contributed by atoms with Crippen molar-refractivity contribution < 1.29 is 10.2 Å². The summed E-state index contributed by atoms with van der Waals surface area (Å²) in [6.45, 7) is 0.0646. The first-order chi connectivity index (χ1) is 6.81. The van der Waals surface area contributed by atoms with Gasteiger partial charge in [0.05, 0.1) is 18.0 Å². The van der Waals surface area contributed by atoms with Gasteiger partial charge in [0.15, 0.2) is 0 Å². The van der Waals surface area contributed by atoms with Crippen LogP contribution in [0.25, 0.3) is 0 Å². The number of aliphatic hydroxyl groups is 2. The van der Waals surface area contributed by atoms with Crippen LogP contribution in [-0.2, 0) is 0 Å². The fourth-order valence-electron chi connectivity index (χ4n) is 1.78. The van der Waals surface area contributed by atoms with Crippen molar-refractivity contribution in [2.24, 2.45) is 0 Å². The van der Waals surface area contributed by atoms with E-state index in [1.165, 1.54) is 5.56 Å². The Morgan fingerprint density at radius 3 is 2.57 bits per heavy atom. The number of hydrogen-bond donors (Lipinski definition) is 2. The molecule has 0 aromatic heterocycles. The van der Waals surface area contributed by atoms with Gasteiger partial charge in [0.2, 0.25) is 0 Å². The van der Waals surface area contributed by atoms with E-state index in [4.69, 9.17) is 5.11 Å². The minimum Gasteiger partial charge on any atom is -0.395 e. The van der Waals surface area contributed by atoms with Gasteiger partial charge in [0.1, 0.15) is 0 Å². The standard InChI is InChI=1S/C11H14O2S/c12-7-11-9(13)6-10(14-11)8-4-2-1-3-5-8/h1-5,9-13H,6-7H2/t9-,10-,11+/m1/s1. The van der Waals surface area contributed by atoms with Crippen LogP contribution >= 0.6 is 11.8 Å². The van der Waals surface area contributed by atoms with Crippen molar-refractivity contribution in [3.8, 4) is 0 Å². The Kier molecular flexibility index (Phi) is 3.11. The van der Waals surface area contributed by atoms with Gasteiger partial charge in [-0.05, 0) is 12.0 Å². The summed E-state index contributed by atoms with van der Waals surface area (Å²) in [5.74, 6) is 0. The van der Waals surface area contributed by atoms with Gasteiger partial charge in [-0.3, -0.25) is 0 Å². The van der Waals surface area contributed by atoms with Crippen molar-refractivity contribution in [3.05, 3.63) is 35.9 Å². The molecule has 0 unspecified atom stereocenters. The van der Waals surface area contributed by atoms with Crippen LogP contribution in [0.1, 0.15) is 17.2 Å². The molecule has 3 heteroatoms. The minimum atomic E-state index is -0.366. The zero-order valence-electron chi connectivity index (χ0n) is 7.84. The van der Waals surface area contributed by atoms with Crippen molar-refractivity contribution in [1.82, 2.24) is 0 Å². The fourth-order valence-corrected chi connectivity index (χ4v) is 3.20. The van der Waals surface area contributed by atoms with Gasteiger partial charge >= 0.3 is 0 Å². The quantitative estimate of drug-likeness (QED) is 0.778. The predicted molar refractivity (Wildman–Crippen MR) is 58.3 cm³/mol. The number of thioether (sulfide) groups is 1. The van der Waals surface area contributed by atoms with Crippen molar-refractivity contribution in [1.29, 1.82) is 0 Å². The van der Waals surface area contributed by atoms with Gasteiger partial charge in [-0.2, -0.15) is 0 Å². The Morgan fingerprint density at radius 1 is 1.29 bits per heavy atom. The summed E-state index contributed by atoms with van der Waals surface area (Å²) >= 11 is 1.67. The largest absolute Gasteiger partial charge is 0.395 e. The molecule has 0 amide bonds. The molecule has 1 aromatic carbocycles. The highest BCUT2D eigenvalue weighted by molar-refractivity contribution is 8.00. The highest BCUT2D eigenvalue weighted by Gasteiger charge is 2.33. The van der Waals surface area contributed by atoms with Crippen LogP contribution in [0.5, 0.6) is 0 Å². The molecule has 1 aliphatic rings. The molecule has 3 atom stereocenters. The summed E-state index contributed by atoms with van der Waals surface area (Å²) in [6, 6.07) is 10.2. The van der Waals surface area contributed by atoms with E-state index in [1.807, 2.05) is 18.2 Å². The van der Waals surface area contributed by atoms with Gasteiger partial charge in [-0.25, -0.2) is 0 Å². The molecule has 1 aromatic rings. The molecule has 76 valence electrons. The molecule has 1 fully saturated rings. The van der Waals surface area contributed by atoms with Crippen molar-refractivity contribution in [2.75, 3.05) is 6.61 Å². The molecule has 0 saturated carbocycles. The van der Waals surface area contributed by atoms with Crippen LogP contribution in [0.4, 0.5) is 0 Å². The average molecular weight is 210 g/mol. The highest BCUT2D eigenvalue weighted by Crippen LogP contribution is 2.44. The van der Waals surface area contributed by atoms with Gasteiger partial charge < -0.3 is 10.2 Å². The van der Waals surface area contributed by atoms with E-state index >= 15 is 0 Å². The molecular formula is C11H14O2S. The fraction of sp³-hybridized carbons (Fsp3) is 0.455. The summed E-state index contributed by atoms with van der Waals surface area (Å²) in [5.41, 5.74) is 1.24. The van der Waals surface area contributed by atoms with E-state index in [1.54, 1.807) is 11.8 Å². The topological polar surface area (TPSA) is 40.5 Å². The van der Waals surface area contributed by atoms with E-state index in [2.05, 4.69) is 12.1 Å². The van der Waals surface area contributed by atoms with Gasteiger partial charge in [0.25, 0.3) is 0 Å². The van der Waals surface area contributed by atoms with Crippen molar-refractivity contribution in [2.45, 2.75) is 23.0 Å². The Bertz CT molecular complexity index is 289. The molecule has 2 rings (SSSR count). The lowest BCUT2D eigenvalue weighted by Gasteiger charge is -2.09. The molecule has 1 aliphatic heterocycles. The third-order valence-corrected chi connectivity index (χ3v) is 4.18. The molecule has 0 spiro atoms. The predicted octanol–water partition coefficient (Wildman–Crippen LogP) is 1.59. The van der Waals surface area contributed by atoms with Gasteiger partial charge in [-0.15, -0.1) is 11.8 Å². The smallest absolute Gasteiger partial charge is 0.0695 e. The molecule has 0 aliphatic carbocycles. The minimum absolute atomic E-state index is 0.0137. The summed E-state index contributed by atoms with van der Waals surface area (Å²) in [4.78, 5) is 0. The molecule has 2 N–H and O–H groups in total. The molecule has 1 heterocycles. The average Bonchev–Trinajstić information content (AvgIpc) is 2.61. The molecule has 1 saturated heterocycles. The van der Waals surface area contributed by atoms with E-state index in [0.717, 1.165) is 6.42 Å². The maximum absolute atomic E-state index is 9.64. The number of aliphatic hydroxyl groups excluding tert-OH is 2. The van der Waals surface area contributed by atoms with Crippen LogP contribution < -0.4 is 0 Å². The molecular weight excluding hydrogens is 196 g/mol. The lowest BCUT2D eigenvalue weighted by Crippen LogP contribution is -2.20. The van der Waals surface area contributed by atoms with E-state index in [-0.39, 0.29) is 18.0 Å². The normalized spacial score (nSPS) is 32.0. The first kappa shape index (κ1) is 10.0. The summed E-state index contributed by atoms with van der Waals surface area (Å²) in [6.07, 6.45) is 0.384. The Balaban J connectivity index is 2.09. The molecule has 0 radical (unpaired) electrons. The third-order valence-electron chi connectivity index (χ3n) is 2.58. The van der Waals surface area contributed by atoms with E-state index in [0.29, 0.717) is 5.25 Å². The number of hydrogen-bond acceptors (Lipinski definition) is 3. The molecule has 0 bridgehead atoms. The lowest BCUT2D eigenvalue weighted by atomic mass is 10.1. The van der Waals surface area contributed by atoms with Crippen LogP contribution in [0.2, 0.25) is 0 Å². The monoisotopic (exact) mass is 210 g/mol. The zero-order chi connectivity index (χ0) is 9.97. The summed E-state index contributed by atoms with van der Waals surface area (Å²) < 4.78 is 0. The van der Waals surface area contributed by atoms with Crippen molar-refractivity contribution >= 4 is 11.8 Å². The maximum Gasteiger partial charge on any atom is 0.0695 e. The van der Waals surface area contributed by atoms with Crippen molar-refractivity contribution in [3.63, 3.8) is 0 Å². The van der Waals surface area contributed by atoms with Crippen LogP contribution in [-0.4, -0.2) is 28.2 Å². The van der Waals surface area contributed by atoms with Crippen LogP contribution in [0.3, 0.4) is 0 Å². The van der Waals surface area contributed by atoms with Gasteiger partial charge in [0, 0.05) is 5.25 Å². The van der Waals surface area contributed by atoms with Crippen LogP contribution in [0.15, 0.2) is 30.3 Å². The zero-order valence-corrected chi connectivity index (χ0v) is 8.65. The second kappa shape index (κ2) is 4.34.